The summed E-state index contributed by atoms with van der Waals surface area (Å²) in [5.41, 5.74) is 8.78. The van der Waals surface area contributed by atoms with Crippen LogP contribution >= 0.6 is 0 Å². The highest BCUT2D eigenvalue weighted by molar-refractivity contribution is 5.98. The summed E-state index contributed by atoms with van der Waals surface area (Å²) in [4.78, 5) is 11.4. The van der Waals surface area contributed by atoms with Crippen LogP contribution in [0.5, 0.6) is 5.75 Å². The van der Waals surface area contributed by atoms with E-state index < -0.39 is 4.92 Å². The predicted molar refractivity (Wildman–Crippen MR) is 94.0 cm³/mol. The van der Waals surface area contributed by atoms with Crippen molar-refractivity contribution in [2.45, 2.75) is 13.8 Å². The molecule has 0 bridgehead atoms. The largest absolute Gasteiger partial charge is 0.508 e. The van der Waals surface area contributed by atoms with Gasteiger partial charge in [-0.2, -0.15) is 0 Å². The monoisotopic (exact) mass is 323 g/mol. The minimum Gasteiger partial charge on any atom is -0.508 e. The molecule has 0 amide bonds. The second-order valence-corrected chi connectivity index (χ2v) is 5.63. The summed E-state index contributed by atoms with van der Waals surface area (Å²) >= 11 is 0. The van der Waals surface area contributed by atoms with E-state index in [1.807, 2.05) is 30.3 Å². The molecular formula is C18H17N3O3. The van der Waals surface area contributed by atoms with Crippen LogP contribution in [-0.4, -0.2) is 14.6 Å². The minimum atomic E-state index is -0.402. The lowest BCUT2D eigenvalue weighted by atomic mass is 10.1. The van der Waals surface area contributed by atoms with Gasteiger partial charge in [0.25, 0.3) is 0 Å². The maximum atomic E-state index is 11.8. The normalized spacial score (nSPS) is 12.2. The van der Waals surface area contributed by atoms with E-state index in [4.69, 9.17) is 5.73 Å². The molecule has 6 heteroatoms. The molecule has 1 heterocycles. The Balaban J connectivity index is 2.56. The van der Waals surface area contributed by atoms with Gasteiger partial charge in [0.05, 0.1) is 15.8 Å². The van der Waals surface area contributed by atoms with E-state index >= 15 is 0 Å². The number of para-hydroxylation sites is 1. The Morgan fingerprint density at radius 1 is 1.17 bits per heavy atom. The van der Waals surface area contributed by atoms with Gasteiger partial charge in [0.1, 0.15) is 11.4 Å². The number of benzene rings is 2. The number of allylic oxidation sites excluding steroid dienone is 2. The van der Waals surface area contributed by atoms with Crippen molar-refractivity contribution >= 4 is 22.2 Å². The number of nitro groups is 1. The van der Waals surface area contributed by atoms with E-state index in [2.05, 4.69) is 0 Å². The van der Waals surface area contributed by atoms with Crippen molar-refractivity contribution in [1.82, 2.24) is 4.57 Å². The minimum absolute atomic E-state index is 0.0175. The van der Waals surface area contributed by atoms with Crippen LogP contribution in [0.3, 0.4) is 0 Å². The molecule has 0 aliphatic heterocycles. The fourth-order valence-corrected chi connectivity index (χ4v) is 2.82. The molecule has 3 rings (SSSR count). The number of hydrogen-bond acceptors (Lipinski definition) is 4. The lowest BCUT2D eigenvalue weighted by Crippen LogP contribution is -2.04. The molecule has 1 aromatic heterocycles. The van der Waals surface area contributed by atoms with Crippen molar-refractivity contribution in [2.24, 2.45) is 5.73 Å². The molecule has 0 unspecified atom stereocenters. The molecule has 0 fully saturated rings. The zero-order chi connectivity index (χ0) is 17.4. The van der Waals surface area contributed by atoms with Gasteiger partial charge < -0.3 is 15.4 Å². The van der Waals surface area contributed by atoms with Crippen molar-refractivity contribution in [1.29, 1.82) is 0 Å². The first-order chi connectivity index (χ1) is 11.4. The molecule has 3 N–H and O–H groups in total. The van der Waals surface area contributed by atoms with E-state index in [-0.39, 0.29) is 11.4 Å². The number of phenolic OH excluding ortho intramolecular Hbond substituents is 1. The lowest BCUT2D eigenvalue weighted by Gasteiger charge is -2.11. The topological polar surface area (TPSA) is 94.3 Å². The lowest BCUT2D eigenvalue weighted by molar-refractivity contribution is -0.383. The summed E-state index contributed by atoms with van der Waals surface area (Å²) in [6.45, 7) is 3.47. The molecule has 0 spiro atoms. The van der Waals surface area contributed by atoms with Crippen molar-refractivity contribution in [2.75, 3.05) is 0 Å². The molecule has 0 saturated heterocycles. The quantitative estimate of drug-likeness (QED) is 0.563. The fourth-order valence-electron chi connectivity index (χ4n) is 2.82. The zero-order valence-electron chi connectivity index (χ0n) is 13.4. The van der Waals surface area contributed by atoms with Crippen LogP contribution in [0.25, 0.3) is 22.2 Å². The molecule has 0 saturated carbocycles. The van der Waals surface area contributed by atoms with E-state index in [1.165, 1.54) is 12.1 Å². The number of aromatic nitrogens is 1. The highest BCUT2D eigenvalue weighted by atomic mass is 16.6. The maximum absolute atomic E-state index is 11.8. The molecule has 0 atom stereocenters. The molecule has 0 aliphatic rings. The number of phenols is 1. The highest BCUT2D eigenvalue weighted by Gasteiger charge is 2.28. The average Bonchev–Trinajstić information content (AvgIpc) is 2.88. The summed E-state index contributed by atoms with van der Waals surface area (Å²) in [6, 6.07) is 13.8. The molecule has 6 nitrogen and oxygen atoms in total. The number of fused-ring (bicyclic) bond motifs is 1. The molecule has 3 aromatic rings. The number of hydrogen-bond donors (Lipinski definition) is 2. The molecule has 24 heavy (non-hydrogen) atoms. The average molecular weight is 323 g/mol. The van der Waals surface area contributed by atoms with Crippen molar-refractivity contribution < 1.29 is 10.0 Å². The Hall–Kier alpha value is -3.28. The fraction of sp³-hybridized carbons (Fsp3) is 0.111. The Bertz CT molecular complexity index is 968. The van der Waals surface area contributed by atoms with Crippen molar-refractivity contribution in [3.8, 4) is 11.4 Å². The summed E-state index contributed by atoms with van der Waals surface area (Å²) in [7, 11) is 0. The third-order valence-corrected chi connectivity index (χ3v) is 4.07. The molecular weight excluding hydrogens is 306 g/mol. The molecule has 2 aromatic carbocycles. The first kappa shape index (κ1) is 15.6. The van der Waals surface area contributed by atoms with Crippen LogP contribution < -0.4 is 5.73 Å². The number of aromatic hydroxyl groups is 1. The van der Waals surface area contributed by atoms with Gasteiger partial charge in [0.15, 0.2) is 0 Å². The van der Waals surface area contributed by atoms with E-state index in [0.29, 0.717) is 27.9 Å². The maximum Gasteiger partial charge on any atom is 0.302 e. The number of rotatable bonds is 3. The smallest absolute Gasteiger partial charge is 0.302 e. The van der Waals surface area contributed by atoms with Gasteiger partial charge in [-0.05, 0) is 43.7 Å². The summed E-state index contributed by atoms with van der Waals surface area (Å²) in [6.07, 6.45) is 0. The third-order valence-electron chi connectivity index (χ3n) is 4.07. The van der Waals surface area contributed by atoms with Gasteiger partial charge in [0.2, 0.25) is 0 Å². The van der Waals surface area contributed by atoms with Crippen LogP contribution in [0, 0.1) is 10.1 Å². The van der Waals surface area contributed by atoms with Gasteiger partial charge in [0, 0.05) is 17.5 Å². The van der Waals surface area contributed by atoms with E-state index in [0.717, 1.165) is 5.69 Å². The Morgan fingerprint density at radius 2 is 1.83 bits per heavy atom. The Kier molecular flexibility index (Phi) is 3.73. The first-order valence-electron chi connectivity index (χ1n) is 7.42. The SMILES string of the molecule is CC(N)=C(C)c1c([N+](=O)[O-])c2ccc(O)cc2n1-c1ccccc1. The second kappa shape index (κ2) is 5.73. The molecule has 0 aliphatic carbocycles. The van der Waals surface area contributed by atoms with Crippen LogP contribution in [-0.2, 0) is 0 Å². The van der Waals surface area contributed by atoms with Gasteiger partial charge in [-0.15, -0.1) is 0 Å². The van der Waals surface area contributed by atoms with Crippen LogP contribution in [0.15, 0.2) is 54.2 Å². The first-order valence-corrected chi connectivity index (χ1v) is 7.42. The Morgan fingerprint density at radius 3 is 2.42 bits per heavy atom. The van der Waals surface area contributed by atoms with Gasteiger partial charge in [-0.3, -0.25) is 10.1 Å². The number of nitrogens with two attached hydrogens (primary N) is 1. The zero-order valence-corrected chi connectivity index (χ0v) is 13.4. The summed E-state index contributed by atoms with van der Waals surface area (Å²) in [5.74, 6) is 0.0460. The summed E-state index contributed by atoms with van der Waals surface area (Å²) < 4.78 is 1.76. The van der Waals surface area contributed by atoms with Crippen molar-refractivity contribution in [3.05, 3.63) is 70.0 Å². The third kappa shape index (κ3) is 2.38. The van der Waals surface area contributed by atoms with E-state index in [9.17, 15) is 15.2 Å². The molecule has 122 valence electrons. The summed E-state index contributed by atoms with van der Waals surface area (Å²) in [5, 5.41) is 22.1. The van der Waals surface area contributed by atoms with Crippen LogP contribution in [0.2, 0.25) is 0 Å². The van der Waals surface area contributed by atoms with Gasteiger partial charge in [-0.1, -0.05) is 18.2 Å². The van der Waals surface area contributed by atoms with Crippen LogP contribution in [0.1, 0.15) is 19.5 Å². The van der Waals surface area contributed by atoms with Gasteiger partial charge >= 0.3 is 5.69 Å². The standard InChI is InChI=1S/C18H17N3O3/c1-11(12(2)19)17-18(21(23)24)15-9-8-14(22)10-16(15)20(17)13-6-4-3-5-7-13/h3-10,22H,19H2,1-2H3. The number of nitrogens with zero attached hydrogens (tertiary/aromatic N) is 2. The van der Waals surface area contributed by atoms with Crippen molar-refractivity contribution in [3.63, 3.8) is 0 Å². The van der Waals surface area contributed by atoms with E-state index in [1.54, 1.807) is 24.5 Å². The van der Waals surface area contributed by atoms with Gasteiger partial charge in [-0.25, -0.2) is 0 Å². The predicted octanol–water partition coefficient (Wildman–Crippen LogP) is 3.95. The highest BCUT2D eigenvalue weighted by Crippen LogP contribution is 2.40. The Labute approximate surface area is 138 Å². The second-order valence-electron chi connectivity index (χ2n) is 5.63. The van der Waals surface area contributed by atoms with Crippen LogP contribution in [0.4, 0.5) is 5.69 Å². The molecule has 0 radical (unpaired) electrons.